The lowest BCUT2D eigenvalue weighted by Crippen LogP contribution is -2.43. The van der Waals surface area contributed by atoms with E-state index < -0.39 is 0 Å². The van der Waals surface area contributed by atoms with Crippen molar-refractivity contribution in [3.8, 4) is 5.75 Å². The summed E-state index contributed by atoms with van der Waals surface area (Å²) >= 11 is 5.96. The van der Waals surface area contributed by atoms with Crippen LogP contribution >= 0.6 is 11.6 Å². The Balaban J connectivity index is 1.67. The summed E-state index contributed by atoms with van der Waals surface area (Å²) < 4.78 is 5.49. The number of halogens is 1. The van der Waals surface area contributed by atoms with Gasteiger partial charge in [0.05, 0.1) is 18.1 Å². The summed E-state index contributed by atoms with van der Waals surface area (Å²) in [7, 11) is 0. The van der Waals surface area contributed by atoms with Crippen LogP contribution in [0, 0.1) is 0 Å². The Bertz CT molecular complexity index is 420. The largest absolute Gasteiger partial charge is 0.491 e. The van der Waals surface area contributed by atoms with E-state index in [1.54, 1.807) is 12.1 Å². The zero-order valence-electron chi connectivity index (χ0n) is 10.8. The predicted octanol–water partition coefficient (Wildman–Crippen LogP) is 1.98. The van der Waals surface area contributed by atoms with Crippen LogP contribution in [0.25, 0.3) is 0 Å². The molecule has 0 aromatic heterocycles. The van der Waals surface area contributed by atoms with Crippen LogP contribution in [0.4, 0.5) is 0 Å². The number of piperidine rings is 1. The van der Waals surface area contributed by atoms with Gasteiger partial charge in [0.2, 0.25) is 5.91 Å². The van der Waals surface area contributed by atoms with Gasteiger partial charge in [-0.3, -0.25) is 4.79 Å². The zero-order chi connectivity index (χ0) is 13.5. The molecule has 1 aromatic carbocycles. The van der Waals surface area contributed by atoms with Crippen LogP contribution in [-0.2, 0) is 4.79 Å². The third-order valence-corrected chi connectivity index (χ3v) is 3.44. The lowest BCUT2D eigenvalue weighted by molar-refractivity contribution is -0.122. The Labute approximate surface area is 118 Å². The number of carbonyl (C=O) groups is 1. The molecule has 2 rings (SSSR count). The number of hydrogen-bond acceptors (Lipinski definition) is 3. The molecule has 1 fully saturated rings. The maximum atomic E-state index is 11.7. The van der Waals surface area contributed by atoms with E-state index in [9.17, 15) is 4.79 Å². The summed E-state index contributed by atoms with van der Waals surface area (Å²) in [5.74, 6) is 0.665. The number of rotatable bonds is 5. The van der Waals surface area contributed by atoms with Gasteiger partial charge >= 0.3 is 0 Å². The fourth-order valence-electron chi connectivity index (χ4n) is 2.08. The number of hydrogen-bond donors (Lipinski definition) is 2. The van der Waals surface area contributed by atoms with Gasteiger partial charge in [-0.1, -0.05) is 23.7 Å². The van der Waals surface area contributed by atoms with Gasteiger partial charge in [-0.15, -0.1) is 0 Å². The van der Waals surface area contributed by atoms with Crippen molar-refractivity contribution in [3.05, 3.63) is 29.3 Å². The normalized spacial score (nSPS) is 16.1. The van der Waals surface area contributed by atoms with E-state index in [1.165, 1.54) is 0 Å². The SMILES string of the molecule is O=C(CCOc1ccccc1Cl)NC1CCNCC1. The van der Waals surface area contributed by atoms with Crippen molar-refractivity contribution in [1.29, 1.82) is 0 Å². The molecule has 0 unspecified atom stereocenters. The highest BCUT2D eigenvalue weighted by atomic mass is 35.5. The second-order valence-electron chi connectivity index (χ2n) is 4.62. The van der Waals surface area contributed by atoms with Gasteiger partial charge in [0.25, 0.3) is 0 Å². The monoisotopic (exact) mass is 282 g/mol. The quantitative estimate of drug-likeness (QED) is 0.868. The molecule has 0 spiro atoms. The van der Waals surface area contributed by atoms with Crippen molar-refractivity contribution in [1.82, 2.24) is 10.6 Å². The van der Waals surface area contributed by atoms with Crippen molar-refractivity contribution < 1.29 is 9.53 Å². The molecule has 1 aliphatic heterocycles. The molecule has 0 saturated carbocycles. The molecule has 1 amide bonds. The van der Waals surface area contributed by atoms with Crippen molar-refractivity contribution >= 4 is 17.5 Å². The van der Waals surface area contributed by atoms with E-state index in [0.29, 0.717) is 29.8 Å². The maximum absolute atomic E-state index is 11.7. The summed E-state index contributed by atoms with van der Waals surface area (Å²) in [6.45, 7) is 2.29. The van der Waals surface area contributed by atoms with Crippen LogP contribution in [0.15, 0.2) is 24.3 Å². The molecule has 0 radical (unpaired) electrons. The number of ether oxygens (including phenoxy) is 1. The van der Waals surface area contributed by atoms with E-state index in [4.69, 9.17) is 16.3 Å². The third-order valence-electron chi connectivity index (χ3n) is 3.13. The average molecular weight is 283 g/mol. The van der Waals surface area contributed by atoms with Crippen LogP contribution in [0.5, 0.6) is 5.75 Å². The fraction of sp³-hybridized carbons (Fsp3) is 0.500. The van der Waals surface area contributed by atoms with Crippen LogP contribution in [0.1, 0.15) is 19.3 Å². The number of para-hydroxylation sites is 1. The van der Waals surface area contributed by atoms with Gasteiger partial charge in [-0.2, -0.15) is 0 Å². The number of carbonyl (C=O) groups excluding carboxylic acids is 1. The molecule has 1 heterocycles. The van der Waals surface area contributed by atoms with Crippen molar-refractivity contribution in [3.63, 3.8) is 0 Å². The van der Waals surface area contributed by atoms with Gasteiger partial charge < -0.3 is 15.4 Å². The topological polar surface area (TPSA) is 50.4 Å². The minimum Gasteiger partial charge on any atom is -0.491 e. The van der Waals surface area contributed by atoms with E-state index in [1.807, 2.05) is 12.1 Å². The molecule has 1 saturated heterocycles. The summed E-state index contributed by atoms with van der Waals surface area (Å²) in [6, 6.07) is 7.57. The first-order chi connectivity index (χ1) is 9.25. The first-order valence-corrected chi connectivity index (χ1v) is 7.01. The molecule has 2 N–H and O–H groups in total. The molecule has 0 bridgehead atoms. The average Bonchev–Trinajstić information content (AvgIpc) is 2.42. The summed E-state index contributed by atoms with van der Waals surface area (Å²) in [5.41, 5.74) is 0. The Morgan fingerprint density at radius 3 is 2.84 bits per heavy atom. The van der Waals surface area contributed by atoms with Crippen molar-refractivity contribution in [2.75, 3.05) is 19.7 Å². The van der Waals surface area contributed by atoms with Gasteiger partial charge in [0, 0.05) is 6.04 Å². The van der Waals surface area contributed by atoms with Gasteiger partial charge in [0.1, 0.15) is 5.75 Å². The standard InChI is InChI=1S/C14H19ClN2O2/c15-12-3-1-2-4-13(12)19-10-7-14(18)17-11-5-8-16-9-6-11/h1-4,11,16H,5-10H2,(H,17,18). The molecule has 5 heteroatoms. The van der Waals surface area contributed by atoms with Crippen LogP contribution in [0.2, 0.25) is 5.02 Å². The molecular formula is C14H19ClN2O2. The molecule has 19 heavy (non-hydrogen) atoms. The molecule has 0 aliphatic carbocycles. The van der Waals surface area contributed by atoms with Crippen LogP contribution in [0.3, 0.4) is 0 Å². The zero-order valence-corrected chi connectivity index (χ0v) is 11.6. The first-order valence-electron chi connectivity index (χ1n) is 6.63. The predicted molar refractivity (Wildman–Crippen MR) is 75.6 cm³/mol. The summed E-state index contributed by atoms with van der Waals surface area (Å²) in [6.07, 6.45) is 2.35. The Hall–Kier alpha value is -1.26. The van der Waals surface area contributed by atoms with E-state index >= 15 is 0 Å². The highest BCUT2D eigenvalue weighted by molar-refractivity contribution is 6.32. The molecule has 104 valence electrons. The summed E-state index contributed by atoms with van der Waals surface area (Å²) in [4.78, 5) is 11.7. The number of benzene rings is 1. The fourth-order valence-corrected chi connectivity index (χ4v) is 2.27. The van der Waals surface area contributed by atoms with Gasteiger partial charge in [-0.05, 0) is 38.1 Å². The minimum atomic E-state index is 0.0407. The minimum absolute atomic E-state index is 0.0407. The second kappa shape index (κ2) is 7.36. The highest BCUT2D eigenvalue weighted by Crippen LogP contribution is 2.23. The van der Waals surface area contributed by atoms with Crippen LogP contribution < -0.4 is 15.4 Å². The molecule has 1 aromatic rings. The second-order valence-corrected chi connectivity index (χ2v) is 5.03. The Morgan fingerprint density at radius 2 is 2.11 bits per heavy atom. The van der Waals surface area contributed by atoms with Crippen molar-refractivity contribution in [2.45, 2.75) is 25.3 Å². The van der Waals surface area contributed by atoms with Gasteiger partial charge in [-0.25, -0.2) is 0 Å². The molecule has 0 atom stereocenters. The Morgan fingerprint density at radius 1 is 1.37 bits per heavy atom. The van der Waals surface area contributed by atoms with Crippen LogP contribution in [-0.4, -0.2) is 31.6 Å². The lowest BCUT2D eigenvalue weighted by Gasteiger charge is -2.23. The van der Waals surface area contributed by atoms with E-state index in [2.05, 4.69) is 10.6 Å². The van der Waals surface area contributed by atoms with Gasteiger partial charge in [0.15, 0.2) is 0 Å². The molecule has 4 nitrogen and oxygen atoms in total. The first kappa shape index (κ1) is 14.2. The van der Waals surface area contributed by atoms with Crippen molar-refractivity contribution in [2.24, 2.45) is 0 Å². The Kier molecular flexibility index (Phi) is 5.48. The van der Waals surface area contributed by atoms with E-state index in [0.717, 1.165) is 25.9 Å². The highest BCUT2D eigenvalue weighted by Gasteiger charge is 2.15. The summed E-state index contributed by atoms with van der Waals surface area (Å²) in [5, 5.41) is 6.87. The maximum Gasteiger partial charge on any atom is 0.223 e. The molecule has 1 aliphatic rings. The number of amides is 1. The third kappa shape index (κ3) is 4.73. The number of nitrogens with one attached hydrogen (secondary N) is 2. The smallest absolute Gasteiger partial charge is 0.223 e. The lowest BCUT2D eigenvalue weighted by atomic mass is 10.1. The van der Waals surface area contributed by atoms with E-state index in [-0.39, 0.29) is 5.91 Å². The molecular weight excluding hydrogens is 264 g/mol.